The van der Waals surface area contributed by atoms with Gasteiger partial charge in [0.15, 0.2) is 0 Å². The molecule has 5 nitrogen and oxygen atoms in total. The maximum Gasteiger partial charge on any atom is 0.257 e. The van der Waals surface area contributed by atoms with Gasteiger partial charge in [-0.1, -0.05) is 0 Å². The Labute approximate surface area is 146 Å². The first-order valence-corrected chi connectivity index (χ1v) is 8.94. The third-order valence-electron chi connectivity index (χ3n) is 5.41. The molecule has 1 N–H and O–H groups in total. The van der Waals surface area contributed by atoms with Gasteiger partial charge in [0.05, 0.1) is 17.5 Å². The molecule has 6 heteroatoms. The van der Waals surface area contributed by atoms with E-state index in [9.17, 15) is 9.18 Å². The third-order valence-corrected chi connectivity index (χ3v) is 5.41. The zero-order valence-electron chi connectivity index (χ0n) is 14.4. The summed E-state index contributed by atoms with van der Waals surface area (Å²) in [5, 5.41) is 7.08. The number of hydrogen-bond donors (Lipinski definition) is 1. The van der Waals surface area contributed by atoms with E-state index in [-0.39, 0.29) is 17.8 Å². The minimum absolute atomic E-state index is 0.0656. The molecule has 1 aromatic heterocycles. The monoisotopic (exact) mass is 342 g/mol. The number of H-pyrrole nitrogens is 1. The maximum absolute atomic E-state index is 13.1. The van der Waals surface area contributed by atoms with Crippen LogP contribution in [0, 0.1) is 5.82 Å². The van der Waals surface area contributed by atoms with Gasteiger partial charge in [-0.25, -0.2) is 4.39 Å². The number of halogens is 1. The highest BCUT2D eigenvalue weighted by molar-refractivity contribution is 5.95. The summed E-state index contributed by atoms with van der Waals surface area (Å²) in [6, 6.07) is 6.85. The highest BCUT2D eigenvalue weighted by atomic mass is 19.1. The van der Waals surface area contributed by atoms with Gasteiger partial charge in [0.25, 0.3) is 5.91 Å². The lowest BCUT2D eigenvalue weighted by Gasteiger charge is -2.37. The molecule has 0 bridgehead atoms. The number of aromatic nitrogens is 2. The number of hydrogen-bond acceptors (Lipinski definition) is 3. The van der Waals surface area contributed by atoms with E-state index in [0.29, 0.717) is 5.92 Å². The first kappa shape index (κ1) is 16.1. The van der Waals surface area contributed by atoms with Crippen LogP contribution in [0.15, 0.2) is 30.5 Å². The number of anilines is 1. The molecule has 1 saturated carbocycles. The van der Waals surface area contributed by atoms with E-state index in [4.69, 9.17) is 0 Å². The van der Waals surface area contributed by atoms with Crippen LogP contribution in [0.4, 0.5) is 10.1 Å². The fourth-order valence-corrected chi connectivity index (χ4v) is 3.67. The van der Waals surface area contributed by atoms with Crippen LogP contribution < -0.4 is 4.90 Å². The van der Waals surface area contributed by atoms with E-state index in [1.54, 1.807) is 6.20 Å². The van der Waals surface area contributed by atoms with Gasteiger partial charge in [0, 0.05) is 37.8 Å². The molecule has 2 aromatic rings. The molecule has 1 amide bonds. The molecule has 1 aliphatic heterocycles. The lowest BCUT2D eigenvalue weighted by molar-refractivity contribution is 0.0708. The van der Waals surface area contributed by atoms with Crippen LogP contribution >= 0.6 is 0 Å². The normalized spacial score (nSPS) is 18.4. The summed E-state index contributed by atoms with van der Waals surface area (Å²) in [5.41, 5.74) is 2.77. The van der Waals surface area contributed by atoms with Crippen LogP contribution in [-0.2, 0) is 0 Å². The number of carbonyl (C=O) groups is 1. The topological polar surface area (TPSA) is 52.2 Å². The van der Waals surface area contributed by atoms with Gasteiger partial charge in [0.2, 0.25) is 0 Å². The number of nitrogens with one attached hydrogen (secondary N) is 1. The minimum atomic E-state index is -0.212. The molecule has 1 aliphatic carbocycles. The van der Waals surface area contributed by atoms with Crippen molar-refractivity contribution >= 4 is 11.6 Å². The second kappa shape index (κ2) is 6.50. The Kier molecular flexibility index (Phi) is 4.19. The molecule has 1 saturated heterocycles. The maximum atomic E-state index is 13.1. The van der Waals surface area contributed by atoms with Crippen molar-refractivity contribution in [3.05, 3.63) is 47.5 Å². The molecule has 0 unspecified atom stereocenters. The van der Waals surface area contributed by atoms with E-state index in [1.807, 2.05) is 24.1 Å². The van der Waals surface area contributed by atoms with E-state index in [2.05, 4.69) is 15.1 Å². The van der Waals surface area contributed by atoms with Crippen LogP contribution in [0.2, 0.25) is 0 Å². The Hall–Kier alpha value is -2.37. The van der Waals surface area contributed by atoms with Crippen molar-refractivity contribution in [3.8, 4) is 0 Å². The van der Waals surface area contributed by atoms with Gasteiger partial charge in [-0.15, -0.1) is 0 Å². The molecular formula is C19H23FN4O. The van der Waals surface area contributed by atoms with Crippen molar-refractivity contribution in [1.82, 2.24) is 15.1 Å². The number of carbonyl (C=O) groups excluding carboxylic acids is 1. The molecule has 4 rings (SSSR count). The van der Waals surface area contributed by atoms with Gasteiger partial charge < -0.3 is 9.80 Å². The number of piperidine rings is 1. The zero-order chi connectivity index (χ0) is 17.4. The number of amides is 1. The van der Waals surface area contributed by atoms with Crippen LogP contribution in [0.1, 0.15) is 47.7 Å². The lowest BCUT2D eigenvalue weighted by atomic mass is 10.0. The van der Waals surface area contributed by atoms with Crippen molar-refractivity contribution in [2.45, 2.75) is 37.6 Å². The van der Waals surface area contributed by atoms with E-state index in [0.717, 1.165) is 55.7 Å². The minimum Gasteiger partial charge on any atom is -0.371 e. The zero-order valence-corrected chi connectivity index (χ0v) is 14.4. The van der Waals surface area contributed by atoms with Crippen molar-refractivity contribution in [2.75, 3.05) is 25.0 Å². The fourth-order valence-electron chi connectivity index (χ4n) is 3.67. The van der Waals surface area contributed by atoms with Crippen LogP contribution in [-0.4, -0.2) is 47.2 Å². The van der Waals surface area contributed by atoms with Gasteiger partial charge >= 0.3 is 0 Å². The molecule has 2 fully saturated rings. The van der Waals surface area contributed by atoms with Gasteiger partial charge in [0.1, 0.15) is 5.82 Å². The third kappa shape index (κ3) is 3.25. The first-order valence-electron chi connectivity index (χ1n) is 8.94. The first-order chi connectivity index (χ1) is 12.1. The number of nitrogens with zero attached hydrogens (tertiary/aromatic N) is 3. The fraction of sp³-hybridized carbons (Fsp3) is 0.474. The van der Waals surface area contributed by atoms with Gasteiger partial charge in [-0.05, 0) is 49.9 Å². The SMILES string of the molecule is CN(C(=O)c1cn[nH]c1C1CC1)C1CCN(c2ccc(F)cc2)CC1. The quantitative estimate of drug-likeness (QED) is 0.928. The van der Waals surface area contributed by atoms with Crippen molar-refractivity contribution < 1.29 is 9.18 Å². The van der Waals surface area contributed by atoms with E-state index in [1.165, 1.54) is 12.1 Å². The summed E-state index contributed by atoms with van der Waals surface area (Å²) in [6.07, 6.45) is 5.77. The molecule has 1 aromatic carbocycles. The van der Waals surface area contributed by atoms with Gasteiger partial charge in [-0.3, -0.25) is 9.89 Å². The molecule has 0 spiro atoms. The number of rotatable bonds is 4. The molecule has 25 heavy (non-hydrogen) atoms. The van der Waals surface area contributed by atoms with Crippen LogP contribution in [0.25, 0.3) is 0 Å². The van der Waals surface area contributed by atoms with Crippen molar-refractivity contribution in [2.24, 2.45) is 0 Å². The highest BCUT2D eigenvalue weighted by Gasteiger charge is 2.33. The summed E-state index contributed by atoms with van der Waals surface area (Å²) >= 11 is 0. The highest BCUT2D eigenvalue weighted by Crippen LogP contribution is 2.40. The van der Waals surface area contributed by atoms with Crippen LogP contribution in [0.5, 0.6) is 0 Å². The molecule has 0 atom stereocenters. The Bertz CT molecular complexity index is 745. The predicted molar refractivity (Wildman–Crippen MR) is 94.3 cm³/mol. The van der Waals surface area contributed by atoms with Gasteiger partial charge in [-0.2, -0.15) is 5.10 Å². The predicted octanol–water partition coefficient (Wildman–Crippen LogP) is 3.17. The second-order valence-electron chi connectivity index (χ2n) is 7.08. The molecule has 2 heterocycles. The molecular weight excluding hydrogens is 319 g/mol. The lowest BCUT2D eigenvalue weighted by Crippen LogP contribution is -2.45. The summed E-state index contributed by atoms with van der Waals surface area (Å²) in [7, 11) is 1.89. The molecule has 0 radical (unpaired) electrons. The smallest absolute Gasteiger partial charge is 0.257 e. The van der Waals surface area contributed by atoms with E-state index >= 15 is 0 Å². The second-order valence-corrected chi connectivity index (χ2v) is 7.08. The Morgan fingerprint density at radius 1 is 1.20 bits per heavy atom. The van der Waals surface area contributed by atoms with Crippen molar-refractivity contribution in [3.63, 3.8) is 0 Å². The van der Waals surface area contributed by atoms with Crippen LogP contribution in [0.3, 0.4) is 0 Å². The van der Waals surface area contributed by atoms with E-state index < -0.39 is 0 Å². The van der Waals surface area contributed by atoms with Crippen molar-refractivity contribution in [1.29, 1.82) is 0 Å². The summed E-state index contributed by atoms with van der Waals surface area (Å²) in [5.74, 6) is 0.335. The number of aromatic amines is 1. The molecule has 132 valence electrons. The average molecular weight is 342 g/mol. The number of benzene rings is 1. The average Bonchev–Trinajstić information content (AvgIpc) is 3.38. The Morgan fingerprint density at radius 3 is 2.52 bits per heavy atom. The standard InChI is InChI=1S/C19H23FN4O/c1-23(19(25)17-12-21-22-18(17)13-2-3-13)15-8-10-24(11-9-15)16-6-4-14(20)5-7-16/h4-7,12-13,15H,2-3,8-11H2,1H3,(H,21,22). The summed E-state index contributed by atoms with van der Waals surface area (Å²) < 4.78 is 13.1. The summed E-state index contributed by atoms with van der Waals surface area (Å²) in [4.78, 5) is 17.0. The largest absolute Gasteiger partial charge is 0.371 e. The summed E-state index contributed by atoms with van der Waals surface area (Å²) in [6.45, 7) is 1.74. The Balaban J connectivity index is 1.39. The molecule has 2 aliphatic rings. The Morgan fingerprint density at radius 2 is 1.88 bits per heavy atom.